The first-order chi connectivity index (χ1) is 16.9. The van der Waals surface area contributed by atoms with Crippen LogP contribution in [-0.2, 0) is 11.8 Å². The first kappa shape index (κ1) is 22.6. The Morgan fingerprint density at radius 3 is 2.63 bits per heavy atom. The van der Waals surface area contributed by atoms with Crippen molar-refractivity contribution < 1.29 is 13.9 Å². The van der Waals surface area contributed by atoms with Crippen LogP contribution in [0.3, 0.4) is 0 Å². The fourth-order valence-corrected chi connectivity index (χ4v) is 4.32. The number of hydrogen-bond acceptors (Lipinski definition) is 7. The van der Waals surface area contributed by atoms with Crippen molar-refractivity contribution in [3.63, 3.8) is 0 Å². The van der Waals surface area contributed by atoms with Gasteiger partial charge in [-0.25, -0.2) is 19.3 Å². The maximum Gasteiger partial charge on any atom is 0.227 e. The predicted octanol–water partition coefficient (Wildman–Crippen LogP) is 3.59. The van der Waals surface area contributed by atoms with Gasteiger partial charge in [-0.2, -0.15) is 0 Å². The van der Waals surface area contributed by atoms with E-state index in [1.807, 2.05) is 53.0 Å². The fraction of sp³-hybridized carbons (Fsp3) is 0.280. The Hall–Kier alpha value is -4.21. The van der Waals surface area contributed by atoms with E-state index in [4.69, 9.17) is 4.74 Å². The lowest BCUT2D eigenvalue weighted by atomic mass is 10.1. The smallest absolute Gasteiger partial charge is 0.227 e. The van der Waals surface area contributed by atoms with E-state index in [-0.39, 0.29) is 17.5 Å². The highest BCUT2D eigenvalue weighted by molar-refractivity contribution is 5.81. The number of carbonyl (C=O) groups is 1. The molecule has 1 aliphatic rings. The van der Waals surface area contributed by atoms with Crippen LogP contribution in [-0.4, -0.2) is 63.6 Å². The second-order valence-corrected chi connectivity index (χ2v) is 8.46. The van der Waals surface area contributed by atoms with E-state index < -0.39 is 5.82 Å². The number of fused-ring (bicyclic) bond motifs is 1. The normalized spacial score (nSPS) is 13.8. The summed E-state index contributed by atoms with van der Waals surface area (Å²) in [5.41, 5.74) is 3.22. The number of aromatic nitrogens is 4. The third-order valence-electron chi connectivity index (χ3n) is 6.23. The number of methoxy groups -OCH3 is 1. The Kier molecular flexibility index (Phi) is 5.94. The molecular weight excluding hydrogens is 449 g/mol. The third kappa shape index (κ3) is 4.46. The van der Waals surface area contributed by atoms with Crippen LogP contribution in [0.15, 0.2) is 48.9 Å². The largest absolute Gasteiger partial charge is 0.495 e. The summed E-state index contributed by atoms with van der Waals surface area (Å²) in [7, 11) is 3.53. The first-order valence-corrected chi connectivity index (χ1v) is 11.3. The van der Waals surface area contributed by atoms with Crippen molar-refractivity contribution in [2.24, 2.45) is 7.05 Å². The number of nitrogens with one attached hydrogen (secondary N) is 1. The molecule has 0 saturated carbocycles. The minimum Gasteiger partial charge on any atom is -0.495 e. The summed E-state index contributed by atoms with van der Waals surface area (Å²) in [6.45, 7) is 4.40. The van der Waals surface area contributed by atoms with Crippen LogP contribution in [0.1, 0.15) is 6.92 Å². The molecule has 4 aromatic rings. The molecule has 0 radical (unpaired) electrons. The average molecular weight is 476 g/mol. The summed E-state index contributed by atoms with van der Waals surface area (Å²) in [4.78, 5) is 28.6. The third-order valence-corrected chi connectivity index (χ3v) is 6.23. The molecule has 0 bridgehead atoms. The van der Waals surface area contributed by atoms with E-state index in [9.17, 15) is 9.18 Å². The molecule has 1 saturated heterocycles. The number of ether oxygens (including phenoxy) is 1. The van der Waals surface area contributed by atoms with Crippen molar-refractivity contribution in [2.45, 2.75) is 6.92 Å². The van der Waals surface area contributed by atoms with Gasteiger partial charge in [-0.05, 0) is 24.3 Å². The van der Waals surface area contributed by atoms with Crippen LogP contribution in [0.5, 0.6) is 5.75 Å². The molecule has 3 aromatic heterocycles. The van der Waals surface area contributed by atoms with E-state index in [1.165, 1.54) is 0 Å². The number of carbonyl (C=O) groups excluding carboxylic acids is 1. The molecule has 1 aromatic carbocycles. The van der Waals surface area contributed by atoms with Gasteiger partial charge >= 0.3 is 0 Å². The van der Waals surface area contributed by atoms with E-state index in [0.717, 1.165) is 36.0 Å². The van der Waals surface area contributed by atoms with Gasteiger partial charge in [0.25, 0.3) is 0 Å². The monoisotopic (exact) mass is 475 g/mol. The highest BCUT2D eigenvalue weighted by Crippen LogP contribution is 2.33. The zero-order valence-electron chi connectivity index (χ0n) is 19.8. The van der Waals surface area contributed by atoms with Gasteiger partial charge in [-0.15, -0.1) is 0 Å². The molecule has 0 unspecified atom stereocenters. The molecule has 4 heterocycles. The number of pyridine rings is 1. The molecular formula is C25H26FN7O2. The van der Waals surface area contributed by atoms with Crippen LogP contribution in [0.4, 0.5) is 21.7 Å². The molecule has 1 amide bonds. The molecule has 1 N–H and O–H groups in total. The van der Waals surface area contributed by atoms with Crippen LogP contribution in [0.25, 0.3) is 22.3 Å². The number of rotatable bonds is 5. The molecule has 1 aliphatic heterocycles. The van der Waals surface area contributed by atoms with Crippen molar-refractivity contribution in [1.82, 2.24) is 24.4 Å². The van der Waals surface area contributed by atoms with Crippen molar-refractivity contribution >= 4 is 34.3 Å². The van der Waals surface area contributed by atoms with E-state index in [1.54, 1.807) is 20.2 Å². The zero-order valence-corrected chi connectivity index (χ0v) is 19.8. The quantitative estimate of drug-likeness (QED) is 0.472. The second-order valence-electron chi connectivity index (χ2n) is 8.46. The lowest BCUT2D eigenvalue weighted by Crippen LogP contribution is -2.48. The summed E-state index contributed by atoms with van der Waals surface area (Å²) in [6.07, 6.45) is 4.67. The standard InChI is InChI=1S/C25H26FN7O2/c1-16(34)32-8-10-33(11-9-32)21-5-4-19(13-22(21)35-3)29-25-28-15-20(26)23(30-25)18-12-17-6-7-31(2)24(17)27-14-18/h4-7,12-15H,8-11H2,1-3H3,(H,28,29,30). The van der Waals surface area contributed by atoms with Gasteiger partial charge < -0.3 is 24.4 Å². The van der Waals surface area contributed by atoms with Crippen LogP contribution in [0, 0.1) is 5.82 Å². The number of halogens is 1. The molecule has 9 nitrogen and oxygen atoms in total. The number of amides is 1. The van der Waals surface area contributed by atoms with Crippen LogP contribution < -0.4 is 15.0 Å². The summed E-state index contributed by atoms with van der Waals surface area (Å²) in [5.74, 6) is 0.520. The molecule has 10 heteroatoms. The maximum atomic E-state index is 14.6. The van der Waals surface area contributed by atoms with Crippen LogP contribution >= 0.6 is 0 Å². The summed E-state index contributed by atoms with van der Waals surface area (Å²) >= 11 is 0. The van der Waals surface area contributed by atoms with Gasteiger partial charge in [0.2, 0.25) is 11.9 Å². The number of aryl methyl sites for hydroxylation is 1. The second kappa shape index (κ2) is 9.21. The predicted molar refractivity (Wildman–Crippen MR) is 132 cm³/mol. The molecule has 35 heavy (non-hydrogen) atoms. The molecule has 180 valence electrons. The number of hydrogen-bond donors (Lipinski definition) is 1. The Morgan fingerprint density at radius 2 is 1.89 bits per heavy atom. The van der Waals surface area contributed by atoms with Gasteiger partial charge in [0.05, 0.1) is 19.0 Å². The summed E-state index contributed by atoms with van der Waals surface area (Å²) in [5, 5.41) is 4.05. The Bertz CT molecular complexity index is 1400. The maximum absolute atomic E-state index is 14.6. The van der Waals surface area contributed by atoms with Gasteiger partial charge in [-0.1, -0.05) is 0 Å². The number of piperazine rings is 1. The summed E-state index contributed by atoms with van der Waals surface area (Å²) in [6, 6.07) is 9.51. The van der Waals surface area contributed by atoms with E-state index in [0.29, 0.717) is 30.1 Å². The van der Waals surface area contributed by atoms with Crippen molar-refractivity contribution in [1.29, 1.82) is 0 Å². The van der Waals surface area contributed by atoms with Gasteiger partial charge in [0.1, 0.15) is 17.1 Å². The highest BCUT2D eigenvalue weighted by atomic mass is 19.1. The molecule has 0 atom stereocenters. The topological polar surface area (TPSA) is 88.4 Å². The van der Waals surface area contributed by atoms with Gasteiger partial charge in [0, 0.05) is 75.2 Å². The molecule has 0 spiro atoms. The lowest BCUT2D eigenvalue weighted by Gasteiger charge is -2.36. The minimum absolute atomic E-state index is 0.0919. The summed E-state index contributed by atoms with van der Waals surface area (Å²) < 4.78 is 22.2. The SMILES string of the molecule is COc1cc(Nc2ncc(F)c(-c3cnc4c(ccn4C)c3)n2)ccc1N1CCN(C(C)=O)CC1. The van der Waals surface area contributed by atoms with Crippen molar-refractivity contribution in [3.05, 3.63) is 54.7 Å². The average Bonchev–Trinajstić information content (AvgIpc) is 3.25. The zero-order chi connectivity index (χ0) is 24.5. The fourth-order valence-electron chi connectivity index (χ4n) is 4.32. The van der Waals surface area contributed by atoms with Crippen molar-refractivity contribution in [3.8, 4) is 17.0 Å². The Balaban J connectivity index is 1.37. The molecule has 1 fully saturated rings. The Labute approximate surface area is 202 Å². The lowest BCUT2D eigenvalue weighted by molar-refractivity contribution is -0.129. The van der Waals surface area contributed by atoms with E-state index >= 15 is 0 Å². The Morgan fingerprint density at radius 1 is 1.09 bits per heavy atom. The van der Waals surface area contributed by atoms with E-state index in [2.05, 4.69) is 25.2 Å². The number of anilines is 3. The number of benzene rings is 1. The number of nitrogens with zero attached hydrogens (tertiary/aromatic N) is 6. The van der Waals surface area contributed by atoms with Gasteiger partial charge in [-0.3, -0.25) is 4.79 Å². The molecule has 5 rings (SSSR count). The minimum atomic E-state index is -0.523. The highest BCUT2D eigenvalue weighted by Gasteiger charge is 2.21. The van der Waals surface area contributed by atoms with Crippen molar-refractivity contribution in [2.75, 3.05) is 43.5 Å². The first-order valence-electron chi connectivity index (χ1n) is 11.3. The molecule has 0 aliphatic carbocycles. The van der Waals surface area contributed by atoms with Gasteiger partial charge in [0.15, 0.2) is 5.82 Å². The van der Waals surface area contributed by atoms with Crippen LogP contribution in [0.2, 0.25) is 0 Å².